The van der Waals surface area contributed by atoms with Crippen molar-refractivity contribution >= 4 is 29.0 Å². The summed E-state index contributed by atoms with van der Waals surface area (Å²) in [6.45, 7) is 4.07. The molecule has 0 spiro atoms. The van der Waals surface area contributed by atoms with Gasteiger partial charge in [-0.25, -0.2) is 9.97 Å². The van der Waals surface area contributed by atoms with Crippen LogP contribution in [0.5, 0.6) is 0 Å². The molecule has 2 fully saturated rings. The van der Waals surface area contributed by atoms with E-state index in [4.69, 9.17) is 21.1 Å². The predicted octanol–water partition coefficient (Wildman–Crippen LogP) is 4.20. The molecule has 2 unspecified atom stereocenters. The number of hydrogen-bond acceptors (Lipinski definition) is 7. The average Bonchev–Trinajstić information content (AvgIpc) is 2.86. The molecule has 0 bridgehead atoms. The van der Waals surface area contributed by atoms with E-state index in [1.807, 2.05) is 0 Å². The Bertz CT molecular complexity index is 1080. The molecule has 3 heterocycles. The number of anilines is 2. The molecule has 4 rings (SSSR count). The van der Waals surface area contributed by atoms with E-state index < -0.39 is 16.8 Å². The lowest BCUT2D eigenvalue weighted by molar-refractivity contribution is -0.137. The first-order chi connectivity index (χ1) is 17.2. The molecule has 2 aromatic rings. The molecule has 2 atom stereocenters. The van der Waals surface area contributed by atoms with Crippen LogP contribution in [0.15, 0.2) is 24.5 Å². The molecule has 2 saturated heterocycles. The zero-order valence-corrected chi connectivity index (χ0v) is 20.8. The van der Waals surface area contributed by atoms with Crippen molar-refractivity contribution in [3.63, 3.8) is 0 Å². The number of benzene rings is 1. The zero-order valence-electron chi connectivity index (χ0n) is 20.1. The van der Waals surface area contributed by atoms with Gasteiger partial charge in [0.25, 0.3) is 5.91 Å². The molecule has 12 heteroatoms. The number of nitrogens with zero attached hydrogens (tertiary/aromatic N) is 3. The summed E-state index contributed by atoms with van der Waals surface area (Å²) in [5.41, 5.74) is -0.128. The Labute approximate surface area is 212 Å². The van der Waals surface area contributed by atoms with Crippen molar-refractivity contribution in [3.05, 3.63) is 46.4 Å². The number of halogens is 4. The normalized spacial score (nSPS) is 21.4. The molecular formula is C24H29ClF3N5O3. The standard InChI is InChI=1S/C24H29ClF3N5O3/c1-14-21(29-13-30-22(14)32-16-3-4-18(25)17(11-16)24(26,27)28)23(34)33-8-5-15(6-9-33)31-19-7-10-36-12-20(19)35-2/h3-4,11,13,15,19-20,31H,5-10,12H2,1-2H3,(H,29,30,32). The summed E-state index contributed by atoms with van der Waals surface area (Å²) in [7, 11) is 1.69. The van der Waals surface area contributed by atoms with Gasteiger partial charge in [0.1, 0.15) is 17.8 Å². The highest BCUT2D eigenvalue weighted by molar-refractivity contribution is 6.31. The van der Waals surface area contributed by atoms with Crippen molar-refractivity contribution < 1.29 is 27.4 Å². The van der Waals surface area contributed by atoms with Crippen LogP contribution >= 0.6 is 11.6 Å². The van der Waals surface area contributed by atoms with E-state index in [1.165, 1.54) is 18.5 Å². The number of alkyl halides is 3. The Balaban J connectivity index is 1.40. The van der Waals surface area contributed by atoms with E-state index in [1.54, 1.807) is 18.9 Å². The van der Waals surface area contributed by atoms with Gasteiger partial charge in [-0.05, 0) is 44.4 Å². The number of methoxy groups -OCH3 is 1. The molecule has 2 aliphatic heterocycles. The summed E-state index contributed by atoms with van der Waals surface area (Å²) >= 11 is 5.71. The van der Waals surface area contributed by atoms with Crippen LogP contribution < -0.4 is 10.6 Å². The Hall–Kier alpha value is -2.47. The summed E-state index contributed by atoms with van der Waals surface area (Å²) < 4.78 is 50.7. The van der Waals surface area contributed by atoms with E-state index in [0.717, 1.165) is 25.3 Å². The molecule has 0 radical (unpaired) electrons. The van der Waals surface area contributed by atoms with Gasteiger partial charge in [-0.15, -0.1) is 0 Å². The predicted molar refractivity (Wildman–Crippen MR) is 129 cm³/mol. The number of rotatable bonds is 6. The minimum Gasteiger partial charge on any atom is -0.379 e. The summed E-state index contributed by atoms with van der Waals surface area (Å²) in [6.07, 6.45) is -0.883. The third-order valence-electron chi connectivity index (χ3n) is 6.66. The van der Waals surface area contributed by atoms with Gasteiger partial charge >= 0.3 is 6.18 Å². The zero-order chi connectivity index (χ0) is 25.9. The maximum absolute atomic E-state index is 13.2. The Kier molecular flexibility index (Phi) is 8.34. The second-order valence-corrected chi connectivity index (χ2v) is 9.40. The fourth-order valence-corrected chi connectivity index (χ4v) is 4.81. The van der Waals surface area contributed by atoms with E-state index in [9.17, 15) is 18.0 Å². The lowest BCUT2D eigenvalue weighted by atomic mass is 9.99. The first kappa shape index (κ1) is 26.6. The first-order valence-electron chi connectivity index (χ1n) is 11.8. The molecule has 1 aromatic carbocycles. The summed E-state index contributed by atoms with van der Waals surface area (Å²) in [5.74, 6) is 0.0230. The molecule has 2 N–H and O–H groups in total. The molecule has 0 saturated carbocycles. The number of carbonyl (C=O) groups is 1. The highest BCUT2D eigenvalue weighted by Crippen LogP contribution is 2.37. The van der Waals surface area contributed by atoms with Crippen molar-refractivity contribution in [3.8, 4) is 0 Å². The molecule has 2 aliphatic rings. The second-order valence-electron chi connectivity index (χ2n) is 8.99. The molecular weight excluding hydrogens is 499 g/mol. The topological polar surface area (TPSA) is 88.6 Å². The molecule has 36 heavy (non-hydrogen) atoms. The van der Waals surface area contributed by atoms with Crippen LogP contribution in [0.3, 0.4) is 0 Å². The minimum atomic E-state index is -4.59. The molecule has 8 nitrogen and oxygen atoms in total. The number of likely N-dealkylation sites (tertiary alicyclic amines) is 1. The van der Waals surface area contributed by atoms with E-state index in [-0.39, 0.29) is 41.3 Å². The van der Waals surface area contributed by atoms with Crippen LogP contribution in [-0.4, -0.2) is 72.4 Å². The van der Waals surface area contributed by atoms with Crippen molar-refractivity contribution in [1.82, 2.24) is 20.2 Å². The van der Waals surface area contributed by atoms with Gasteiger partial charge in [0.15, 0.2) is 0 Å². The van der Waals surface area contributed by atoms with Crippen LogP contribution in [-0.2, 0) is 15.7 Å². The smallest absolute Gasteiger partial charge is 0.379 e. The average molecular weight is 528 g/mol. The largest absolute Gasteiger partial charge is 0.417 e. The number of hydrogen-bond donors (Lipinski definition) is 2. The third-order valence-corrected chi connectivity index (χ3v) is 6.99. The number of aromatic nitrogens is 2. The summed E-state index contributed by atoms with van der Waals surface area (Å²) in [6, 6.07) is 3.99. The van der Waals surface area contributed by atoms with E-state index in [2.05, 4.69) is 20.6 Å². The van der Waals surface area contributed by atoms with Crippen LogP contribution in [0.25, 0.3) is 0 Å². The van der Waals surface area contributed by atoms with Gasteiger partial charge < -0.3 is 25.0 Å². The number of carbonyl (C=O) groups excluding carboxylic acids is 1. The number of piperidine rings is 1. The fraction of sp³-hybridized carbons (Fsp3) is 0.542. The van der Waals surface area contributed by atoms with Crippen LogP contribution in [0.4, 0.5) is 24.7 Å². The Morgan fingerprint density at radius 3 is 2.67 bits per heavy atom. The first-order valence-corrected chi connectivity index (χ1v) is 12.2. The summed E-state index contributed by atoms with van der Waals surface area (Å²) in [5, 5.41) is 6.12. The fourth-order valence-electron chi connectivity index (χ4n) is 4.59. The molecule has 196 valence electrons. The minimum absolute atomic E-state index is 0.0147. The van der Waals surface area contributed by atoms with Crippen LogP contribution in [0.2, 0.25) is 5.02 Å². The lowest BCUT2D eigenvalue weighted by Crippen LogP contribution is -2.54. The van der Waals surface area contributed by atoms with E-state index >= 15 is 0 Å². The maximum atomic E-state index is 13.2. The number of amides is 1. The SMILES string of the molecule is COC1COCCC1NC1CCN(C(=O)c2ncnc(Nc3ccc(Cl)c(C(F)(F)F)c3)c2C)CC1. The van der Waals surface area contributed by atoms with Crippen molar-refractivity contribution in [2.45, 2.75) is 50.6 Å². The van der Waals surface area contributed by atoms with Crippen molar-refractivity contribution in [1.29, 1.82) is 0 Å². The summed E-state index contributed by atoms with van der Waals surface area (Å²) in [4.78, 5) is 23.3. The van der Waals surface area contributed by atoms with E-state index in [0.29, 0.717) is 31.9 Å². The highest BCUT2D eigenvalue weighted by atomic mass is 35.5. The monoisotopic (exact) mass is 527 g/mol. The molecule has 1 aromatic heterocycles. The lowest BCUT2D eigenvalue weighted by Gasteiger charge is -2.38. The van der Waals surface area contributed by atoms with Gasteiger partial charge in [0, 0.05) is 50.1 Å². The van der Waals surface area contributed by atoms with Crippen LogP contribution in [0.1, 0.15) is 40.9 Å². The van der Waals surface area contributed by atoms with Crippen LogP contribution in [0, 0.1) is 6.92 Å². The van der Waals surface area contributed by atoms with Gasteiger partial charge in [-0.2, -0.15) is 13.2 Å². The maximum Gasteiger partial charge on any atom is 0.417 e. The van der Waals surface area contributed by atoms with Crippen molar-refractivity contribution in [2.24, 2.45) is 0 Å². The quantitative estimate of drug-likeness (QED) is 0.582. The second kappa shape index (κ2) is 11.3. The van der Waals surface area contributed by atoms with Gasteiger partial charge in [0.2, 0.25) is 0 Å². The van der Waals surface area contributed by atoms with Crippen molar-refractivity contribution in [2.75, 3.05) is 38.7 Å². The Morgan fingerprint density at radius 1 is 1.22 bits per heavy atom. The highest BCUT2D eigenvalue weighted by Gasteiger charge is 2.34. The van der Waals surface area contributed by atoms with Gasteiger partial charge in [-0.1, -0.05) is 11.6 Å². The molecule has 1 amide bonds. The number of nitrogens with one attached hydrogen (secondary N) is 2. The Morgan fingerprint density at radius 2 is 1.97 bits per heavy atom. The van der Waals surface area contributed by atoms with Gasteiger partial charge in [-0.3, -0.25) is 4.79 Å². The van der Waals surface area contributed by atoms with Gasteiger partial charge in [0.05, 0.1) is 23.3 Å². The molecule has 0 aliphatic carbocycles. The number of ether oxygens (including phenoxy) is 2. The third kappa shape index (κ3) is 6.08.